The Morgan fingerprint density at radius 1 is 1.09 bits per heavy atom. The first-order valence-electron chi connectivity index (χ1n) is 11.7. The Hall–Kier alpha value is -2.54. The molecule has 7 heteroatoms. The molecule has 1 unspecified atom stereocenters. The molecule has 1 N–H and O–H groups in total. The van der Waals surface area contributed by atoms with Gasteiger partial charge in [0.25, 0.3) is 0 Å². The molecule has 0 fully saturated rings. The molecule has 0 aromatic heterocycles. The van der Waals surface area contributed by atoms with Gasteiger partial charge >= 0.3 is 12.1 Å². The van der Waals surface area contributed by atoms with Gasteiger partial charge in [0.15, 0.2) is 0 Å². The van der Waals surface area contributed by atoms with Crippen molar-refractivity contribution in [2.24, 2.45) is 5.92 Å². The van der Waals surface area contributed by atoms with Gasteiger partial charge in [-0.3, -0.25) is 0 Å². The van der Waals surface area contributed by atoms with Crippen LogP contribution < -0.4 is 10.2 Å². The van der Waals surface area contributed by atoms with E-state index < -0.39 is 12.1 Å². The summed E-state index contributed by atoms with van der Waals surface area (Å²) in [5.74, 6) is 0.191. The topological polar surface area (TPSA) is 61.9 Å². The summed E-state index contributed by atoms with van der Waals surface area (Å²) >= 11 is 3.52. The maximum absolute atomic E-state index is 13.3. The molecule has 1 aliphatic carbocycles. The number of anilines is 2. The second kappa shape index (κ2) is 11.5. The molecular weight excluding hydrogens is 482 g/mol. The number of urea groups is 1. The molecule has 0 bridgehead atoms. The molecule has 2 aromatic carbocycles. The second-order valence-electron chi connectivity index (χ2n) is 8.80. The number of hydrogen-bond donors (Lipinski definition) is 1. The molecule has 178 valence electrons. The van der Waals surface area contributed by atoms with E-state index in [4.69, 9.17) is 4.74 Å². The monoisotopic (exact) mass is 515 g/mol. The smallest absolute Gasteiger partial charge is 0.418 e. The SMILES string of the molecule is CCN(CC)c1ccc(NC(=O)N(C(=O)OCC(C)C)C2CCc3cc(Br)ccc3C2)cc1. The van der Waals surface area contributed by atoms with Crippen molar-refractivity contribution in [2.45, 2.75) is 53.0 Å². The second-order valence-corrected chi connectivity index (χ2v) is 9.72. The zero-order valence-electron chi connectivity index (χ0n) is 19.9. The van der Waals surface area contributed by atoms with Crippen LogP contribution in [0.25, 0.3) is 0 Å². The molecule has 1 atom stereocenters. The van der Waals surface area contributed by atoms with Crippen LogP contribution in [0, 0.1) is 5.92 Å². The van der Waals surface area contributed by atoms with Crippen LogP contribution >= 0.6 is 15.9 Å². The normalized spacial score (nSPS) is 15.0. The Labute approximate surface area is 205 Å². The number of nitrogens with one attached hydrogen (secondary N) is 1. The van der Waals surface area contributed by atoms with Crippen LogP contribution in [0.2, 0.25) is 0 Å². The number of imide groups is 1. The predicted molar refractivity (Wildman–Crippen MR) is 137 cm³/mol. The third-order valence-corrected chi connectivity index (χ3v) is 6.43. The highest BCUT2D eigenvalue weighted by Gasteiger charge is 2.34. The number of benzene rings is 2. The van der Waals surface area contributed by atoms with Crippen LogP contribution in [0.4, 0.5) is 21.0 Å². The number of rotatable bonds is 7. The fourth-order valence-electron chi connectivity index (χ4n) is 4.16. The number of fused-ring (bicyclic) bond motifs is 1. The number of amides is 3. The molecule has 3 amide bonds. The van der Waals surface area contributed by atoms with Crippen molar-refractivity contribution >= 4 is 39.4 Å². The summed E-state index contributed by atoms with van der Waals surface area (Å²) in [6, 6.07) is 13.2. The average Bonchev–Trinajstić information content (AvgIpc) is 2.79. The van der Waals surface area contributed by atoms with Crippen molar-refractivity contribution in [1.29, 1.82) is 0 Å². The van der Waals surface area contributed by atoms with E-state index in [1.807, 2.05) is 44.2 Å². The first kappa shape index (κ1) is 25.1. The van der Waals surface area contributed by atoms with Gasteiger partial charge in [-0.25, -0.2) is 14.5 Å². The number of hydrogen-bond acceptors (Lipinski definition) is 4. The van der Waals surface area contributed by atoms with Crippen molar-refractivity contribution in [3.8, 4) is 0 Å². The van der Waals surface area contributed by atoms with Gasteiger partial charge in [0.2, 0.25) is 0 Å². The molecule has 0 heterocycles. The zero-order valence-corrected chi connectivity index (χ0v) is 21.5. The highest BCUT2D eigenvalue weighted by atomic mass is 79.9. The third kappa shape index (κ3) is 6.50. The largest absolute Gasteiger partial charge is 0.449 e. The van der Waals surface area contributed by atoms with E-state index in [9.17, 15) is 9.59 Å². The Kier molecular flexibility index (Phi) is 8.78. The van der Waals surface area contributed by atoms with E-state index in [1.54, 1.807) is 0 Å². The summed E-state index contributed by atoms with van der Waals surface area (Å²) in [5.41, 5.74) is 4.16. The molecule has 33 heavy (non-hydrogen) atoms. The van der Waals surface area contributed by atoms with Gasteiger partial charge in [0, 0.05) is 35.0 Å². The summed E-state index contributed by atoms with van der Waals surface area (Å²) in [4.78, 5) is 29.8. The maximum atomic E-state index is 13.3. The Morgan fingerprint density at radius 3 is 2.42 bits per heavy atom. The van der Waals surface area contributed by atoms with Crippen molar-refractivity contribution in [2.75, 3.05) is 29.9 Å². The standard InChI is InChI=1S/C26H34BrN3O3/c1-5-29(6-2)23-13-10-22(11-14-23)28-25(31)30(26(32)33-17-18(3)4)24-12-8-19-15-21(27)9-7-20(19)16-24/h7,9-11,13-15,18,24H,5-6,8,12,16-17H2,1-4H3,(H,28,31). The quantitative estimate of drug-likeness (QED) is 0.458. The highest BCUT2D eigenvalue weighted by Crippen LogP contribution is 2.28. The molecular formula is C26H34BrN3O3. The molecule has 0 radical (unpaired) electrons. The number of carbonyl (C=O) groups excluding carboxylic acids is 2. The molecule has 1 aliphatic rings. The lowest BCUT2D eigenvalue weighted by atomic mass is 9.87. The molecule has 6 nitrogen and oxygen atoms in total. The van der Waals surface area contributed by atoms with E-state index in [0.29, 0.717) is 18.5 Å². The lowest BCUT2D eigenvalue weighted by molar-refractivity contribution is 0.0882. The van der Waals surface area contributed by atoms with E-state index >= 15 is 0 Å². The first-order chi connectivity index (χ1) is 15.8. The fraction of sp³-hybridized carbons (Fsp3) is 0.462. The first-order valence-corrected chi connectivity index (χ1v) is 12.5. The van der Waals surface area contributed by atoms with Crippen LogP contribution in [-0.2, 0) is 17.6 Å². The van der Waals surface area contributed by atoms with E-state index in [0.717, 1.165) is 35.2 Å². The Balaban J connectivity index is 1.78. The number of nitrogens with zero attached hydrogens (tertiary/aromatic N) is 2. The van der Waals surface area contributed by atoms with E-state index in [2.05, 4.69) is 52.1 Å². The minimum Gasteiger partial charge on any atom is -0.449 e. The lowest BCUT2D eigenvalue weighted by Gasteiger charge is -2.33. The lowest BCUT2D eigenvalue weighted by Crippen LogP contribution is -2.49. The average molecular weight is 516 g/mol. The van der Waals surface area contributed by atoms with Crippen LogP contribution in [-0.4, -0.2) is 42.8 Å². The number of ether oxygens (including phenoxy) is 1. The molecule has 0 spiro atoms. The molecule has 2 aromatic rings. The molecule has 3 rings (SSSR count). The van der Waals surface area contributed by atoms with Gasteiger partial charge in [-0.05, 0) is 86.6 Å². The van der Waals surface area contributed by atoms with Crippen LogP contribution in [0.3, 0.4) is 0 Å². The van der Waals surface area contributed by atoms with Gasteiger partial charge in [0.05, 0.1) is 6.61 Å². The number of carbonyl (C=O) groups is 2. The summed E-state index contributed by atoms with van der Waals surface area (Å²) in [6.07, 6.45) is 1.54. The van der Waals surface area contributed by atoms with Gasteiger partial charge < -0.3 is 15.0 Å². The van der Waals surface area contributed by atoms with Crippen molar-refractivity contribution in [3.63, 3.8) is 0 Å². The van der Waals surface area contributed by atoms with Crippen LogP contribution in [0.5, 0.6) is 0 Å². The molecule has 0 saturated heterocycles. The van der Waals surface area contributed by atoms with E-state index in [1.165, 1.54) is 10.5 Å². The fourth-order valence-corrected chi connectivity index (χ4v) is 4.57. The minimum absolute atomic E-state index is 0.191. The third-order valence-electron chi connectivity index (χ3n) is 5.94. The predicted octanol–water partition coefficient (Wildman–Crippen LogP) is 6.48. The zero-order chi connectivity index (χ0) is 24.0. The van der Waals surface area contributed by atoms with Crippen molar-refractivity contribution < 1.29 is 14.3 Å². The molecule has 0 saturated carbocycles. The van der Waals surface area contributed by atoms with Crippen molar-refractivity contribution in [1.82, 2.24) is 4.90 Å². The maximum Gasteiger partial charge on any atom is 0.418 e. The molecule has 0 aliphatic heterocycles. The summed E-state index contributed by atoms with van der Waals surface area (Å²) in [5, 5.41) is 2.90. The van der Waals surface area contributed by atoms with Crippen molar-refractivity contribution in [3.05, 3.63) is 58.1 Å². The number of aryl methyl sites for hydroxylation is 1. The highest BCUT2D eigenvalue weighted by molar-refractivity contribution is 9.10. The summed E-state index contributed by atoms with van der Waals surface area (Å²) < 4.78 is 6.52. The summed E-state index contributed by atoms with van der Waals surface area (Å²) in [7, 11) is 0. The summed E-state index contributed by atoms with van der Waals surface area (Å²) in [6.45, 7) is 10.3. The van der Waals surface area contributed by atoms with Gasteiger partial charge in [-0.15, -0.1) is 0 Å². The Bertz CT molecular complexity index is 958. The van der Waals surface area contributed by atoms with Gasteiger partial charge in [0.1, 0.15) is 0 Å². The van der Waals surface area contributed by atoms with Crippen LogP contribution in [0.15, 0.2) is 46.9 Å². The van der Waals surface area contributed by atoms with Crippen LogP contribution in [0.1, 0.15) is 45.2 Å². The number of halogens is 1. The Morgan fingerprint density at radius 2 is 1.79 bits per heavy atom. The minimum atomic E-state index is -0.591. The van der Waals surface area contributed by atoms with E-state index in [-0.39, 0.29) is 18.6 Å². The van der Waals surface area contributed by atoms with Gasteiger partial charge in [-0.2, -0.15) is 0 Å². The van der Waals surface area contributed by atoms with Gasteiger partial charge in [-0.1, -0.05) is 35.8 Å².